The summed E-state index contributed by atoms with van der Waals surface area (Å²) in [5.41, 5.74) is 0. The highest BCUT2D eigenvalue weighted by molar-refractivity contribution is 4.48. The Morgan fingerprint density at radius 3 is 1.68 bits per heavy atom. The van der Waals surface area contributed by atoms with E-state index in [1.807, 2.05) is 0 Å². The number of unbranched alkanes of at least 4 members (excludes halogenated alkanes) is 7. The minimum absolute atomic E-state index is 0.0386. The lowest BCUT2D eigenvalue weighted by atomic mass is 10.1. The van der Waals surface area contributed by atoms with Gasteiger partial charge in [-0.2, -0.15) is 0 Å². The topological polar surface area (TPSA) is 18.5 Å². The van der Waals surface area contributed by atoms with Crippen molar-refractivity contribution in [3.63, 3.8) is 0 Å². The second-order valence-electron chi connectivity index (χ2n) is 5.43. The lowest BCUT2D eigenvalue weighted by Gasteiger charge is -2.17. The molecule has 116 valence electrons. The van der Waals surface area contributed by atoms with Crippen LogP contribution in [0.15, 0.2) is 0 Å². The van der Waals surface area contributed by atoms with Crippen LogP contribution in [0.3, 0.4) is 0 Å². The van der Waals surface area contributed by atoms with Gasteiger partial charge in [0.2, 0.25) is 0 Å². The van der Waals surface area contributed by atoms with Crippen molar-refractivity contribution >= 4 is 0 Å². The summed E-state index contributed by atoms with van der Waals surface area (Å²) < 4.78 is 11.6. The summed E-state index contributed by atoms with van der Waals surface area (Å²) in [5.74, 6) is 0. The maximum Gasteiger partial charge on any atom is 0.157 e. The average Bonchev–Trinajstić information content (AvgIpc) is 2.42. The van der Waals surface area contributed by atoms with Crippen molar-refractivity contribution in [2.45, 2.75) is 97.7 Å². The fraction of sp³-hybridized carbons (Fsp3) is 1.00. The van der Waals surface area contributed by atoms with Crippen LogP contribution in [0.1, 0.15) is 91.4 Å². The summed E-state index contributed by atoms with van der Waals surface area (Å²) in [6.45, 7) is 8.36. The van der Waals surface area contributed by atoms with Gasteiger partial charge in [-0.3, -0.25) is 0 Å². The van der Waals surface area contributed by atoms with Crippen LogP contribution in [0.25, 0.3) is 0 Å². The number of hydrogen-bond acceptors (Lipinski definition) is 2. The zero-order valence-electron chi connectivity index (χ0n) is 13.6. The van der Waals surface area contributed by atoms with E-state index in [0.717, 1.165) is 32.5 Å². The van der Waals surface area contributed by atoms with Gasteiger partial charge in [-0.15, -0.1) is 0 Å². The third-order valence-electron chi connectivity index (χ3n) is 3.38. The fourth-order valence-corrected chi connectivity index (χ4v) is 2.08. The van der Waals surface area contributed by atoms with Gasteiger partial charge in [0, 0.05) is 13.2 Å². The van der Waals surface area contributed by atoms with E-state index in [0.29, 0.717) is 0 Å². The third kappa shape index (κ3) is 14.1. The average molecular weight is 272 g/mol. The van der Waals surface area contributed by atoms with Gasteiger partial charge in [0.05, 0.1) is 0 Å². The Hall–Kier alpha value is -0.0800. The molecule has 0 saturated heterocycles. The Bertz CT molecular complexity index is 159. The second-order valence-corrected chi connectivity index (χ2v) is 5.43. The highest BCUT2D eigenvalue weighted by Crippen LogP contribution is 2.10. The molecule has 0 aromatic carbocycles. The van der Waals surface area contributed by atoms with Crippen LogP contribution in [-0.2, 0) is 9.47 Å². The Morgan fingerprint density at radius 2 is 1.11 bits per heavy atom. The first-order valence-electron chi connectivity index (χ1n) is 8.58. The molecule has 0 N–H and O–H groups in total. The van der Waals surface area contributed by atoms with Crippen molar-refractivity contribution in [1.29, 1.82) is 0 Å². The van der Waals surface area contributed by atoms with E-state index in [9.17, 15) is 0 Å². The molecule has 1 atom stereocenters. The van der Waals surface area contributed by atoms with Crippen LogP contribution < -0.4 is 0 Å². The van der Waals surface area contributed by atoms with E-state index in [4.69, 9.17) is 9.47 Å². The van der Waals surface area contributed by atoms with Crippen LogP contribution in [0.2, 0.25) is 0 Å². The van der Waals surface area contributed by atoms with Crippen molar-refractivity contribution in [2.75, 3.05) is 13.2 Å². The molecule has 2 nitrogen and oxygen atoms in total. The van der Waals surface area contributed by atoms with Crippen LogP contribution >= 0.6 is 0 Å². The van der Waals surface area contributed by atoms with Crippen molar-refractivity contribution in [3.05, 3.63) is 0 Å². The van der Waals surface area contributed by atoms with E-state index in [2.05, 4.69) is 20.8 Å². The van der Waals surface area contributed by atoms with Gasteiger partial charge in [0.25, 0.3) is 0 Å². The van der Waals surface area contributed by atoms with Gasteiger partial charge in [0.15, 0.2) is 6.29 Å². The Labute approximate surface area is 121 Å². The molecule has 0 aromatic rings. The maximum absolute atomic E-state index is 5.83. The quantitative estimate of drug-likeness (QED) is 0.281. The zero-order valence-corrected chi connectivity index (χ0v) is 13.6. The monoisotopic (exact) mass is 272 g/mol. The van der Waals surface area contributed by atoms with Crippen LogP contribution in [0, 0.1) is 0 Å². The molecule has 0 aromatic heterocycles. The van der Waals surface area contributed by atoms with Crippen molar-refractivity contribution in [3.8, 4) is 0 Å². The third-order valence-corrected chi connectivity index (χ3v) is 3.38. The molecule has 0 radical (unpaired) electrons. The van der Waals surface area contributed by atoms with Crippen molar-refractivity contribution in [2.24, 2.45) is 0 Å². The second kappa shape index (κ2) is 16.0. The minimum Gasteiger partial charge on any atom is -0.353 e. The molecule has 0 aliphatic carbocycles. The van der Waals surface area contributed by atoms with Gasteiger partial charge in [-0.05, 0) is 19.3 Å². The van der Waals surface area contributed by atoms with Gasteiger partial charge in [-0.25, -0.2) is 0 Å². The highest BCUT2D eigenvalue weighted by Gasteiger charge is 2.07. The summed E-state index contributed by atoms with van der Waals surface area (Å²) in [4.78, 5) is 0. The number of hydrogen-bond donors (Lipinski definition) is 0. The van der Waals surface area contributed by atoms with E-state index in [-0.39, 0.29) is 6.29 Å². The first-order chi connectivity index (χ1) is 9.35. The summed E-state index contributed by atoms with van der Waals surface area (Å²) in [6.07, 6.45) is 13.9. The van der Waals surface area contributed by atoms with E-state index >= 15 is 0 Å². The van der Waals surface area contributed by atoms with E-state index < -0.39 is 0 Å². The van der Waals surface area contributed by atoms with E-state index in [1.165, 1.54) is 51.4 Å². The number of rotatable bonds is 15. The lowest BCUT2D eigenvalue weighted by molar-refractivity contribution is -0.147. The van der Waals surface area contributed by atoms with E-state index in [1.54, 1.807) is 0 Å². The molecular formula is C17H36O2. The molecule has 0 fully saturated rings. The Kier molecular flexibility index (Phi) is 15.9. The molecule has 0 aliphatic rings. The Morgan fingerprint density at radius 1 is 0.579 bits per heavy atom. The smallest absolute Gasteiger partial charge is 0.157 e. The fourth-order valence-electron chi connectivity index (χ4n) is 2.08. The minimum atomic E-state index is 0.0386. The van der Waals surface area contributed by atoms with Gasteiger partial charge >= 0.3 is 0 Å². The molecule has 1 unspecified atom stereocenters. The maximum atomic E-state index is 5.83. The number of ether oxygens (including phenoxy) is 2. The first-order valence-corrected chi connectivity index (χ1v) is 8.58. The van der Waals surface area contributed by atoms with Crippen LogP contribution in [0.4, 0.5) is 0 Å². The van der Waals surface area contributed by atoms with Crippen LogP contribution in [-0.4, -0.2) is 19.5 Å². The molecule has 0 spiro atoms. The Balaban J connectivity index is 3.36. The van der Waals surface area contributed by atoms with Crippen molar-refractivity contribution < 1.29 is 9.47 Å². The predicted octanol–water partition coefficient (Wildman–Crippen LogP) is 5.70. The molecule has 0 bridgehead atoms. The van der Waals surface area contributed by atoms with Gasteiger partial charge in [0.1, 0.15) is 0 Å². The largest absolute Gasteiger partial charge is 0.353 e. The standard InChI is InChI=1S/C17H36O2/c1-4-7-9-10-11-12-13-16-19-17(14-6-3)18-15-8-5-2/h17H,4-16H2,1-3H3. The molecule has 0 rings (SSSR count). The molecular weight excluding hydrogens is 236 g/mol. The molecule has 0 heterocycles. The molecule has 2 heteroatoms. The SMILES string of the molecule is CCCCCCCCCOC(CCC)OCCCC. The summed E-state index contributed by atoms with van der Waals surface area (Å²) >= 11 is 0. The molecule has 0 saturated carbocycles. The van der Waals surface area contributed by atoms with Gasteiger partial charge in [-0.1, -0.05) is 72.1 Å². The zero-order chi connectivity index (χ0) is 14.2. The highest BCUT2D eigenvalue weighted by atomic mass is 16.7. The lowest BCUT2D eigenvalue weighted by Crippen LogP contribution is -2.18. The summed E-state index contributed by atoms with van der Waals surface area (Å²) in [5, 5.41) is 0. The van der Waals surface area contributed by atoms with Crippen molar-refractivity contribution in [1.82, 2.24) is 0 Å². The van der Waals surface area contributed by atoms with Gasteiger partial charge < -0.3 is 9.47 Å². The molecule has 0 aliphatic heterocycles. The first kappa shape index (κ1) is 18.9. The predicted molar refractivity (Wildman–Crippen MR) is 83.5 cm³/mol. The molecule has 0 amide bonds. The summed E-state index contributed by atoms with van der Waals surface area (Å²) in [7, 11) is 0. The summed E-state index contributed by atoms with van der Waals surface area (Å²) in [6, 6.07) is 0. The van der Waals surface area contributed by atoms with Crippen LogP contribution in [0.5, 0.6) is 0 Å². The molecule has 19 heavy (non-hydrogen) atoms. The normalized spacial score (nSPS) is 12.8.